The summed E-state index contributed by atoms with van der Waals surface area (Å²) in [5, 5.41) is 8.17. The van der Waals surface area contributed by atoms with Gasteiger partial charge in [0.2, 0.25) is 0 Å². The Labute approximate surface area is 100 Å². The van der Waals surface area contributed by atoms with Crippen LogP contribution in [0.15, 0.2) is 23.1 Å². The molecule has 1 fully saturated rings. The van der Waals surface area contributed by atoms with Crippen LogP contribution in [0.5, 0.6) is 0 Å². The zero-order valence-corrected chi connectivity index (χ0v) is 10.0. The smallest absolute Gasteiger partial charge is 0.124 e. The van der Waals surface area contributed by atoms with Gasteiger partial charge in [0, 0.05) is 21.4 Å². The number of nitrogens with one attached hydrogen (secondary N) is 1. The molecule has 5 N–H and O–H groups in total. The van der Waals surface area contributed by atoms with Crippen LogP contribution in [-0.4, -0.2) is 11.1 Å². The second-order valence-electron chi connectivity index (χ2n) is 4.19. The van der Waals surface area contributed by atoms with Crippen LogP contribution in [-0.2, 0) is 0 Å². The van der Waals surface area contributed by atoms with E-state index in [1.807, 2.05) is 30.0 Å². The molecular formula is C12H17N3S. The van der Waals surface area contributed by atoms with E-state index in [0.29, 0.717) is 11.3 Å². The molecule has 4 heteroatoms. The van der Waals surface area contributed by atoms with Crippen LogP contribution in [0, 0.1) is 5.41 Å². The van der Waals surface area contributed by atoms with Gasteiger partial charge in [0.05, 0.1) is 0 Å². The molecule has 0 unspecified atom stereocenters. The zero-order valence-electron chi connectivity index (χ0n) is 9.20. The molecule has 3 nitrogen and oxygen atoms in total. The predicted molar refractivity (Wildman–Crippen MR) is 70.0 cm³/mol. The molecule has 2 rings (SSSR count). The average molecular weight is 235 g/mol. The lowest BCUT2D eigenvalue weighted by molar-refractivity contribution is 0.886. The second-order valence-corrected chi connectivity index (χ2v) is 5.56. The predicted octanol–water partition coefficient (Wildman–Crippen LogP) is 2.59. The summed E-state index contributed by atoms with van der Waals surface area (Å²) in [6, 6.07) is 5.79. The maximum absolute atomic E-state index is 7.45. The maximum atomic E-state index is 7.45. The second kappa shape index (κ2) is 4.78. The van der Waals surface area contributed by atoms with Gasteiger partial charge in [-0.1, -0.05) is 12.8 Å². The third-order valence-corrected chi connectivity index (χ3v) is 4.25. The van der Waals surface area contributed by atoms with E-state index < -0.39 is 0 Å². The van der Waals surface area contributed by atoms with Crippen molar-refractivity contribution in [1.29, 1.82) is 5.41 Å². The summed E-state index contributed by atoms with van der Waals surface area (Å²) < 4.78 is 0. The van der Waals surface area contributed by atoms with Crippen molar-refractivity contribution in [2.75, 3.05) is 5.73 Å². The number of benzene rings is 1. The normalized spacial score (nSPS) is 16.5. The molecule has 0 atom stereocenters. The fraction of sp³-hybridized carbons (Fsp3) is 0.417. The van der Waals surface area contributed by atoms with Crippen LogP contribution < -0.4 is 11.5 Å². The zero-order chi connectivity index (χ0) is 11.5. The lowest BCUT2D eigenvalue weighted by atomic mass is 10.2. The highest BCUT2D eigenvalue weighted by Gasteiger charge is 2.16. The molecule has 0 saturated heterocycles. The first-order valence-corrected chi connectivity index (χ1v) is 6.45. The summed E-state index contributed by atoms with van der Waals surface area (Å²) in [5.74, 6) is 0.0476. The van der Waals surface area contributed by atoms with Gasteiger partial charge in [-0.25, -0.2) is 0 Å². The van der Waals surface area contributed by atoms with Gasteiger partial charge in [-0.3, -0.25) is 5.41 Å². The van der Waals surface area contributed by atoms with E-state index in [0.717, 1.165) is 5.25 Å². The molecule has 0 heterocycles. The van der Waals surface area contributed by atoms with E-state index in [2.05, 4.69) is 0 Å². The molecule has 1 aliphatic carbocycles. The van der Waals surface area contributed by atoms with Crippen LogP contribution in [0.25, 0.3) is 0 Å². The molecule has 0 bridgehead atoms. The highest BCUT2D eigenvalue weighted by molar-refractivity contribution is 8.00. The van der Waals surface area contributed by atoms with E-state index in [-0.39, 0.29) is 5.84 Å². The highest BCUT2D eigenvalue weighted by Crippen LogP contribution is 2.35. The quantitative estimate of drug-likeness (QED) is 0.428. The number of amidine groups is 1. The lowest BCUT2D eigenvalue weighted by Gasteiger charge is -2.11. The first-order valence-electron chi connectivity index (χ1n) is 5.57. The summed E-state index contributed by atoms with van der Waals surface area (Å²) in [7, 11) is 0. The number of nitrogens with two attached hydrogens (primary N) is 2. The lowest BCUT2D eigenvalue weighted by Crippen LogP contribution is -2.13. The molecule has 1 saturated carbocycles. The Morgan fingerprint density at radius 3 is 2.62 bits per heavy atom. The minimum atomic E-state index is 0.0476. The van der Waals surface area contributed by atoms with Crippen LogP contribution in [0.1, 0.15) is 31.2 Å². The Hall–Kier alpha value is -1.16. The van der Waals surface area contributed by atoms with Gasteiger partial charge in [0.1, 0.15) is 5.84 Å². The molecule has 1 aromatic carbocycles. The van der Waals surface area contributed by atoms with Gasteiger partial charge in [-0.2, -0.15) is 0 Å². The number of hydrogen-bond donors (Lipinski definition) is 3. The van der Waals surface area contributed by atoms with E-state index in [9.17, 15) is 0 Å². The summed E-state index contributed by atoms with van der Waals surface area (Å²) in [6.45, 7) is 0. The number of thioether (sulfide) groups is 1. The molecule has 86 valence electrons. The van der Waals surface area contributed by atoms with Gasteiger partial charge in [0.15, 0.2) is 0 Å². The van der Waals surface area contributed by atoms with Crippen molar-refractivity contribution in [3.63, 3.8) is 0 Å². The van der Waals surface area contributed by atoms with Crippen LogP contribution in [0.3, 0.4) is 0 Å². The monoisotopic (exact) mass is 235 g/mol. The number of rotatable bonds is 3. The Morgan fingerprint density at radius 2 is 2.00 bits per heavy atom. The van der Waals surface area contributed by atoms with Crippen molar-refractivity contribution >= 4 is 23.3 Å². The van der Waals surface area contributed by atoms with Crippen molar-refractivity contribution in [3.05, 3.63) is 23.8 Å². The largest absolute Gasteiger partial charge is 0.398 e. The van der Waals surface area contributed by atoms with Gasteiger partial charge in [-0.05, 0) is 31.0 Å². The Morgan fingerprint density at radius 1 is 1.31 bits per heavy atom. The molecule has 0 aliphatic heterocycles. The van der Waals surface area contributed by atoms with Crippen molar-refractivity contribution in [2.45, 2.75) is 35.8 Å². The third-order valence-electron chi connectivity index (χ3n) is 2.92. The van der Waals surface area contributed by atoms with E-state index in [4.69, 9.17) is 16.9 Å². The van der Waals surface area contributed by atoms with Crippen molar-refractivity contribution < 1.29 is 0 Å². The first-order chi connectivity index (χ1) is 7.66. The molecule has 0 spiro atoms. The summed E-state index contributed by atoms with van der Waals surface area (Å²) in [5.41, 5.74) is 12.5. The standard InChI is InChI=1S/C12H17N3S/c13-11-6-5-9(7-10(11)12(14)15)16-8-3-1-2-4-8/h5-8H,1-4,13H2,(H3,14,15). The third kappa shape index (κ3) is 2.50. The molecule has 16 heavy (non-hydrogen) atoms. The van der Waals surface area contributed by atoms with Crippen LogP contribution in [0.4, 0.5) is 5.69 Å². The first kappa shape index (κ1) is 11.3. The fourth-order valence-electron chi connectivity index (χ4n) is 2.04. The minimum Gasteiger partial charge on any atom is -0.398 e. The van der Waals surface area contributed by atoms with E-state index >= 15 is 0 Å². The molecule has 0 radical (unpaired) electrons. The molecule has 1 aromatic rings. The van der Waals surface area contributed by atoms with Crippen molar-refractivity contribution in [3.8, 4) is 0 Å². The SMILES string of the molecule is N=C(N)c1cc(SC2CCCC2)ccc1N. The van der Waals surface area contributed by atoms with E-state index in [1.165, 1.54) is 30.6 Å². The molecule has 1 aliphatic rings. The topological polar surface area (TPSA) is 75.9 Å². The van der Waals surface area contributed by atoms with Gasteiger partial charge in [-0.15, -0.1) is 11.8 Å². The van der Waals surface area contributed by atoms with E-state index in [1.54, 1.807) is 0 Å². The Balaban J connectivity index is 2.15. The number of nitrogen functional groups attached to an aromatic ring is 2. The average Bonchev–Trinajstić information content (AvgIpc) is 2.73. The number of anilines is 1. The van der Waals surface area contributed by atoms with Crippen LogP contribution >= 0.6 is 11.8 Å². The molecule has 0 aromatic heterocycles. The van der Waals surface area contributed by atoms with Crippen molar-refractivity contribution in [2.24, 2.45) is 5.73 Å². The van der Waals surface area contributed by atoms with Gasteiger partial charge < -0.3 is 11.5 Å². The fourth-order valence-corrected chi connectivity index (χ4v) is 3.33. The summed E-state index contributed by atoms with van der Waals surface area (Å²) >= 11 is 1.88. The van der Waals surface area contributed by atoms with Gasteiger partial charge >= 0.3 is 0 Å². The molecular weight excluding hydrogens is 218 g/mol. The summed E-state index contributed by atoms with van der Waals surface area (Å²) in [4.78, 5) is 1.17. The van der Waals surface area contributed by atoms with Gasteiger partial charge in [0.25, 0.3) is 0 Å². The van der Waals surface area contributed by atoms with Crippen LogP contribution in [0.2, 0.25) is 0 Å². The Kier molecular flexibility index (Phi) is 3.39. The molecule has 0 amide bonds. The maximum Gasteiger partial charge on any atom is 0.124 e. The summed E-state index contributed by atoms with van der Waals surface area (Å²) in [6.07, 6.45) is 5.27. The number of hydrogen-bond acceptors (Lipinski definition) is 3. The highest BCUT2D eigenvalue weighted by atomic mass is 32.2. The van der Waals surface area contributed by atoms with Crippen molar-refractivity contribution in [1.82, 2.24) is 0 Å². The Bertz CT molecular complexity index is 397. The minimum absolute atomic E-state index is 0.0476.